The maximum Gasteiger partial charge on any atom is 0.103 e. The van der Waals surface area contributed by atoms with Crippen LogP contribution in [0.4, 0.5) is 5.69 Å². The van der Waals surface area contributed by atoms with E-state index in [4.69, 9.17) is 16.9 Å². The van der Waals surface area contributed by atoms with E-state index in [9.17, 15) is 0 Å². The third kappa shape index (κ3) is 2.71. The molecule has 0 radical (unpaired) electrons. The number of nitrogens with one attached hydrogen (secondary N) is 1. The number of hydrogen-bond acceptors (Lipinski definition) is 3. The van der Waals surface area contributed by atoms with E-state index in [2.05, 4.69) is 23.3 Å². The molecular weight excluding hydrogens is 234 g/mol. The van der Waals surface area contributed by atoms with Gasteiger partial charge in [-0.2, -0.15) is 5.26 Å². The summed E-state index contributed by atoms with van der Waals surface area (Å²) >= 11 is 5.98. The minimum absolute atomic E-state index is 0.511. The average Bonchev–Trinajstić information content (AvgIpc) is 2.72. The molecule has 2 rings (SSSR count). The number of nitrogens with zero attached hydrogens (tertiary/aromatic N) is 2. The summed E-state index contributed by atoms with van der Waals surface area (Å²) in [5.41, 5.74) is 1.37. The summed E-state index contributed by atoms with van der Waals surface area (Å²) in [6.07, 6.45) is 2.47. The van der Waals surface area contributed by atoms with Gasteiger partial charge in [-0.05, 0) is 38.6 Å². The smallest absolute Gasteiger partial charge is 0.103 e. The standard InChI is InChI=1S/C13H16ClN3/c1-17-7-3-4-10(17)9-16-13-6-2-5-12(14)11(13)8-15/h2,5-6,10,16H,3-4,7,9H2,1H3. The molecule has 0 amide bonds. The van der Waals surface area contributed by atoms with Crippen molar-refractivity contribution in [2.75, 3.05) is 25.5 Å². The summed E-state index contributed by atoms with van der Waals surface area (Å²) in [6, 6.07) is 8.21. The molecule has 0 spiro atoms. The zero-order valence-electron chi connectivity index (χ0n) is 9.91. The molecule has 0 bridgehead atoms. The van der Waals surface area contributed by atoms with Crippen LogP contribution in [0.15, 0.2) is 18.2 Å². The van der Waals surface area contributed by atoms with Gasteiger partial charge in [0.05, 0.1) is 16.3 Å². The zero-order valence-corrected chi connectivity index (χ0v) is 10.7. The van der Waals surface area contributed by atoms with Crippen LogP contribution >= 0.6 is 11.6 Å². The first-order valence-electron chi connectivity index (χ1n) is 5.85. The second-order valence-electron chi connectivity index (χ2n) is 4.43. The number of hydrogen-bond donors (Lipinski definition) is 1. The summed E-state index contributed by atoms with van der Waals surface area (Å²) in [5.74, 6) is 0. The lowest BCUT2D eigenvalue weighted by atomic mass is 10.1. The molecule has 1 N–H and O–H groups in total. The van der Waals surface area contributed by atoms with E-state index in [0.29, 0.717) is 16.6 Å². The number of rotatable bonds is 3. The lowest BCUT2D eigenvalue weighted by Crippen LogP contribution is -2.31. The van der Waals surface area contributed by atoms with E-state index in [1.165, 1.54) is 12.8 Å². The Morgan fingerprint density at radius 3 is 3.06 bits per heavy atom. The predicted molar refractivity (Wildman–Crippen MR) is 70.3 cm³/mol. The van der Waals surface area contributed by atoms with Gasteiger partial charge >= 0.3 is 0 Å². The SMILES string of the molecule is CN1CCCC1CNc1cccc(Cl)c1C#N. The Hall–Kier alpha value is -1.24. The number of likely N-dealkylation sites (N-methyl/N-ethyl adjacent to an activating group) is 1. The lowest BCUT2D eigenvalue weighted by Gasteiger charge is -2.20. The van der Waals surface area contributed by atoms with Crippen LogP contribution < -0.4 is 5.32 Å². The summed E-state index contributed by atoms with van der Waals surface area (Å²) in [7, 11) is 2.14. The molecule has 1 aromatic rings. The topological polar surface area (TPSA) is 39.1 Å². The molecule has 1 aliphatic heterocycles. The Bertz CT molecular complexity index is 439. The van der Waals surface area contributed by atoms with Crippen LogP contribution in [0.5, 0.6) is 0 Å². The van der Waals surface area contributed by atoms with E-state index in [0.717, 1.165) is 18.8 Å². The molecule has 1 heterocycles. The van der Waals surface area contributed by atoms with Gasteiger partial charge in [-0.15, -0.1) is 0 Å². The molecule has 1 fully saturated rings. The van der Waals surface area contributed by atoms with E-state index in [-0.39, 0.29) is 0 Å². The minimum atomic E-state index is 0.511. The quantitative estimate of drug-likeness (QED) is 0.895. The van der Waals surface area contributed by atoms with Crippen LogP contribution in [0, 0.1) is 11.3 Å². The van der Waals surface area contributed by atoms with Crippen molar-refractivity contribution in [3.05, 3.63) is 28.8 Å². The van der Waals surface area contributed by atoms with Crippen LogP contribution in [0.1, 0.15) is 18.4 Å². The summed E-state index contributed by atoms with van der Waals surface area (Å²) < 4.78 is 0. The normalized spacial score (nSPS) is 20.2. The van der Waals surface area contributed by atoms with Crippen molar-refractivity contribution in [3.63, 3.8) is 0 Å². The molecular formula is C13H16ClN3. The molecule has 3 nitrogen and oxygen atoms in total. The van der Waals surface area contributed by atoms with E-state index in [1.54, 1.807) is 6.07 Å². The third-order valence-electron chi connectivity index (χ3n) is 3.33. The van der Waals surface area contributed by atoms with E-state index >= 15 is 0 Å². The first kappa shape index (κ1) is 12.2. The van der Waals surface area contributed by atoms with Crippen molar-refractivity contribution < 1.29 is 0 Å². The first-order chi connectivity index (χ1) is 8.22. The molecule has 1 aliphatic rings. The second kappa shape index (κ2) is 5.39. The van der Waals surface area contributed by atoms with Gasteiger partial charge in [0.15, 0.2) is 0 Å². The molecule has 0 saturated carbocycles. The van der Waals surface area contributed by atoms with Crippen LogP contribution in [0.3, 0.4) is 0 Å². The van der Waals surface area contributed by atoms with Crippen LogP contribution in [0.25, 0.3) is 0 Å². The predicted octanol–water partition coefficient (Wildman–Crippen LogP) is 2.72. The van der Waals surface area contributed by atoms with Crippen molar-refractivity contribution in [2.45, 2.75) is 18.9 Å². The first-order valence-corrected chi connectivity index (χ1v) is 6.23. The molecule has 1 atom stereocenters. The molecule has 1 unspecified atom stereocenters. The molecule has 17 heavy (non-hydrogen) atoms. The number of benzene rings is 1. The third-order valence-corrected chi connectivity index (χ3v) is 3.64. The minimum Gasteiger partial charge on any atom is -0.382 e. The van der Waals surface area contributed by atoms with Gasteiger partial charge in [-0.1, -0.05) is 17.7 Å². The van der Waals surface area contributed by atoms with Crippen LogP contribution in [-0.2, 0) is 0 Å². The zero-order chi connectivity index (χ0) is 12.3. The van der Waals surface area contributed by atoms with Gasteiger partial charge in [-0.3, -0.25) is 0 Å². The highest BCUT2D eigenvalue weighted by Crippen LogP contribution is 2.24. The highest BCUT2D eigenvalue weighted by Gasteiger charge is 2.20. The van der Waals surface area contributed by atoms with Crippen molar-refractivity contribution in [3.8, 4) is 6.07 Å². The molecule has 1 aromatic carbocycles. The van der Waals surface area contributed by atoms with Crippen molar-refractivity contribution in [1.29, 1.82) is 5.26 Å². The van der Waals surface area contributed by atoms with Crippen LogP contribution in [0.2, 0.25) is 5.02 Å². The molecule has 1 saturated heterocycles. The Morgan fingerprint density at radius 1 is 1.59 bits per heavy atom. The fourth-order valence-electron chi connectivity index (χ4n) is 2.25. The maximum absolute atomic E-state index is 9.06. The molecule has 0 aromatic heterocycles. The number of halogens is 1. The largest absolute Gasteiger partial charge is 0.382 e. The molecule has 90 valence electrons. The maximum atomic E-state index is 9.06. The van der Waals surface area contributed by atoms with Crippen LogP contribution in [-0.4, -0.2) is 31.1 Å². The fraction of sp³-hybridized carbons (Fsp3) is 0.462. The van der Waals surface area contributed by atoms with Crippen molar-refractivity contribution >= 4 is 17.3 Å². The Kier molecular flexibility index (Phi) is 3.88. The summed E-state index contributed by atoms with van der Waals surface area (Å²) in [4.78, 5) is 2.35. The summed E-state index contributed by atoms with van der Waals surface area (Å²) in [6.45, 7) is 2.03. The average molecular weight is 250 g/mol. The monoisotopic (exact) mass is 249 g/mol. The Labute approximate surface area is 107 Å². The summed E-state index contributed by atoms with van der Waals surface area (Å²) in [5, 5.41) is 12.9. The highest BCUT2D eigenvalue weighted by molar-refractivity contribution is 6.32. The van der Waals surface area contributed by atoms with Gasteiger partial charge < -0.3 is 10.2 Å². The highest BCUT2D eigenvalue weighted by atomic mass is 35.5. The van der Waals surface area contributed by atoms with Crippen molar-refractivity contribution in [1.82, 2.24) is 4.90 Å². The Morgan fingerprint density at radius 2 is 2.41 bits per heavy atom. The number of likely N-dealkylation sites (tertiary alicyclic amines) is 1. The Balaban J connectivity index is 2.04. The van der Waals surface area contributed by atoms with Gasteiger partial charge in [0, 0.05) is 12.6 Å². The molecule has 0 aliphatic carbocycles. The van der Waals surface area contributed by atoms with Gasteiger partial charge in [0.25, 0.3) is 0 Å². The molecule has 4 heteroatoms. The van der Waals surface area contributed by atoms with E-state index < -0.39 is 0 Å². The van der Waals surface area contributed by atoms with Crippen molar-refractivity contribution in [2.24, 2.45) is 0 Å². The number of nitriles is 1. The fourth-order valence-corrected chi connectivity index (χ4v) is 2.47. The van der Waals surface area contributed by atoms with E-state index in [1.807, 2.05) is 12.1 Å². The lowest BCUT2D eigenvalue weighted by molar-refractivity contribution is 0.322. The number of anilines is 1. The van der Waals surface area contributed by atoms with Gasteiger partial charge in [-0.25, -0.2) is 0 Å². The van der Waals surface area contributed by atoms with Gasteiger partial charge in [0.1, 0.15) is 6.07 Å². The van der Waals surface area contributed by atoms with Gasteiger partial charge in [0.2, 0.25) is 0 Å². The second-order valence-corrected chi connectivity index (χ2v) is 4.84.